The molecular formula is C17H23N3O4S. The lowest BCUT2D eigenvalue weighted by atomic mass is 10.1. The Hall–Kier alpha value is -2.32. The number of hydrogen-bond acceptors (Lipinski definition) is 6. The highest BCUT2D eigenvalue weighted by Crippen LogP contribution is 2.27. The lowest BCUT2D eigenvalue weighted by Gasteiger charge is -2.13. The Balaban J connectivity index is 2.17. The molecule has 1 aromatic carbocycles. The van der Waals surface area contributed by atoms with E-state index < -0.39 is 10.0 Å². The Bertz CT molecular complexity index is 821. The SMILES string of the molecule is COCCNc1ccc(NS(=O)(=O)c2cc(C)c(OC)cc2C)cn1. The Morgan fingerprint density at radius 1 is 1.12 bits per heavy atom. The number of hydrogen-bond donors (Lipinski definition) is 2. The summed E-state index contributed by atoms with van der Waals surface area (Å²) in [5.74, 6) is 1.31. The molecular weight excluding hydrogens is 342 g/mol. The van der Waals surface area contributed by atoms with Crippen molar-refractivity contribution in [3.63, 3.8) is 0 Å². The summed E-state index contributed by atoms with van der Waals surface area (Å²) >= 11 is 0. The standard InChI is InChI=1S/C17H23N3O4S/c1-12-10-16(13(2)9-15(12)24-4)25(21,22)20-14-5-6-17(19-11-14)18-7-8-23-3/h5-6,9-11,20H,7-8H2,1-4H3,(H,18,19). The number of aryl methyl sites for hydroxylation is 2. The van der Waals surface area contributed by atoms with Crippen LogP contribution in [0.4, 0.5) is 11.5 Å². The first-order valence-corrected chi connectivity index (χ1v) is 9.22. The number of sulfonamides is 1. The van der Waals surface area contributed by atoms with Gasteiger partial charge in [-0.2, -0.15) is 0 Å². The van der Waals surface area contributed by atoms with E-state index in [0.29, 0.717) is 36.0 Å². The number of nitrogens with zero attached hydrogens (tertiary/aromatic N) is 1. The number of nitrogens with one attached hydrogen (secondary N) is 2. The Morgan fingerprint density at radius 2 is 1.88 bits per heavy atom. The van der Waals surface area contributed by atoms with Crippen molar-refractivity contribution < 1.29 is 17.9 Å². The summed E-state index contributed by atoms with van der Waals surface area (Å²) in [4.78, 5) is 4.40. The van der Waals surface area contributed by atoms with Crippen LogP contribution in [0.1, 0.15) is 11.1 Å². The van der Waals surface area contributed by atoms with E-state index in [9.17, 15) is 8.42 Å². The van der Waals surface area contributed by atoms with Gasteiger partial charge >= 0.3 is 0 Å². The molecule has 0 saturated heterocycles. The fourth-order valence-electron chi connectivity index (χ4n) is 2.32. The monoisotopic (exact) mass is 365 g/mol. The molecule has 25 heavy (non-hydrogen) atoms. The Morgan fingerprint density at radius 3 is 2.48 bits per heavy atom. The van der Waals surface area contributed by atoms with Crippen molar-refractivity contribution >= 4 is 21.5 Å². The van der Waals surface area contributed by atoms with Crippen molar-refractivity contribution in [1.82, 2.24) is 4.98 Å². The summed E-state index contributed by atoms with van der Waals surface area (Å²) in [6.07, 6.45) is 1.47. The minimum Gasteiger partial charge on any atom is -0.496 e. The molecule has 0 fully saturated rings. The van der Waals surface area contributed by atoms with Gasteiger partial charge in [0.05, 0.1) is 30.5 Å². The highest BCUT2D eigenvalue weighted by molar-refractivity contribution is 7.92. The van der Waals surface area contributed by atoms with Crippen LogP contribution in [0.2, 0.25) is 0 Å². The largest absolute Gasteiger partial charge is 0.496 e. The first-order valence-electron chi connectivity index (χ1n) is 7.74. The van der Waals surface area contributed by atoms with Crippen molar-refractivity contribution in [2.24, 2.45) is 0 Å². The molecule has 0 aliphatic rings. The minimum atomic E-state index is -3.71. The Labute approximate surface area is 148 Å². The third-order valence-corrected chi connectivity index (χ3v) is 5.13. The number of anilines is 2. The Kier molecular flexibility index (Phi) is 6.22. The normalized spacial score (nSPS) is 11.2. The third-order valence-electron chi connectivity index (χ3n) is 3.61. The molecule has 0 unspecified atom stereocenters. The molecule has 8 heteroatoms. The zero-order valence-electron chi connectivity index (χ0n) is 14.8. The number of methoxy groups -OCH3 is 2. The molecule has 0 aliphatic carbocycles. The second-order valence-corrected chi connectivity index (χ2v) is 7.20. The molecule has 2 rings (SSSR count). The maximum absolute atomic E-state index is 12.7. The predicted molar refractivity (Wildman–Crippen MR) is 97.9 cm³/mol. The molecule has 2 N–H and O–H groups in total. The van der Waals surface area contributed by atoms with Crippen LogP contribution >= 0.6 is 0 Å². The molecule has 7 nitrogen and oxygen atoms in total. The van der Waals surface area contributed by atoms with Crippen molar-refractivity contribution in [1.29, 1.82) is 0 Å². The quantitative estimate of drug-likeness (QED) is 0.699. The number of benzene rings is 1. The van der Waals surface area contributed by atoms with Gasteiger partial charge < -0.3 is 14.8 Å². The fourth-order valence-corrected chi connectivity index (χ4v) is 3.68. The lowest BCUT2D eigenvalue weighted by molar-refractivity contribution is 0.210. The maximum Gasteiger partial charge on any atom is 0.262 e. The summed E-state index contributed by atoms with van der Waals surface area (Å²) in [6, 6.07) is 6.68. The average Bonchev–Trinajstić information content (AvgIpc) is 2.58. The van der Waals surface area contributed by atoms with Crippen LogP contribution in [0.3, 0.4) is 0 Å². The number of pyridine rings is 1. The van der Waals surface area contributed by atoms with E-state index in [1.807, 2.05) is 0 Å². The molecule has 1 aromatic heterocycles. The van der Waals surface area contributed by atoms with E-state index in [2.05, 4.69) is 15.0 Å². The van der Waals surface area contributed by atoms with E-state index in [1.165, 1.54) is 6.20 Å². The fraction of sp³-hybridized carbons (Fsp3) is 0.353. The van der Waals surface area contributed by atoms with Crippen LogP contribution in [0.25, 0.3) is 0 Å². The van der Waals surface area contributed by atoms with Crippen LogP contribution in [-0.4, -0.2) is 40.8 Å². The summed E-state index contributed by atoms with van der Waals surface area (Å²) < 4.78 is 38.0. The number of aromatic nitrogens is 1. The molecule has 0 spiro atoms. The average molecular weight is 365 g/mol. The van der Waals surface area contributed by atoms with Gasteiger partial charge in [-0.15, -0.1) is 0 Å². The first kappa shape index (κ1) is 19.0. The van der Waals surface area contributed by atoms with Gasteiger partial charge in [-0.3, -0.25) is 4.72 Å². The zero-order chi connectivity index (χ0) is 18.4. The molecule has 2 aromatic rings. The highest BCUT2D eigenvalue weighted by Gasteiger charge is 2.19. The van der Waals surface area contributed by atoms with Crippen molar-refractivity contribution in [2.75, 3.05) is 37.4 Å². The van der Waals surface area contributed by atoms with Crippen LogP contribution < -0.4 is 14.8 Å². The van der Waals surface area contributed by atoms with Gasteiger partial charge in [-0.05, 0) is 49.2 Å². The minimum absolute atomic E-state index is 0.216. The summed E-state index contributed by atoms with van der Waals surface area (Å²) in [7, 11) is -0.533. The van der Waals surface area contributed by atoms with Gasteiger partial charge in [-0.1, -0.05) is 0 Å². The van der Waals surface area contributed by atoms with Gasteiger partial charge in [0.2, 0.25) is 0 Å². The molecule has 0 atom stereocenters. The van der Waals surface area contributed by atoms with E-state index in [1.54, 1.807) is 52.3 Å². The van der Waals surface area contributed by atoms with E-state index >= 15 is 0 Å². The van der Waals surface area contributed by atoms with Gasteiger partial charge in [0, 0.05) is 13.7 Å². The van der Waals surface area contributed by atoms with Crippen molar-refractivity contribution in [3.05, 3.63) is 41.6 Å². The van der Waals surface area contributed by atoms with Crippen molar-refractivity contribution in [3.8, 4) is 5.75 Å². The van der Waals surface area contributed by atoms with Gasteiger partial charge in [0.25, 0.3) is 10.0 Å². The molecule has 0 radical (unpaired) electrons. The summed E-state index contributed by atoms with van der Waals surface area (Å²) in [5.41, 5.74) is 1.76. The summed E-state index contributed by atoms with van der Waals surface area (Å²) in [6.45, 7) is 4.72. The van der Waals surface area contributed by atoms with Gasteiger partial charge in [-0.25, -0.2) is 13.4 Å². The molecule has 0 bridgehead atoms. The smallest absolute Gasteiger partial charge is 0.262 e. The van der Waals surface area contributed by atoms with Gasteiger partial charge in [0.15, 0.2) is 0 Å². The zero-order valence-corrected chi connectivity index (χ0v) is 15.6. The summed E-state index contributed by atoms with van der Waals surface area (Å²) in [5, 5.41) is 3.07. The number of rotatable bonds is 8. The molecule has 136 valence electrons. The molecule has 0 saturated carbocycles. The third kappa shape index (κ3) is 4.83. The maximum atomic E-state index is 12.7. The van der Waals surface area contributed by atoms with Crippen molar-refractivity contribution in [2.45, 2.75) is 18.7 Å². The van der Waals surface area contributed by atoms with E-state index in [-0.39, 0.29) is 4.90 Å². The molecule has 0 amide bonds. The van der Waals surface area contributed by atoms with E-state index in [0.717, 1.165) is 5.56 Å². The van der Waals surface area contributed by atoms with Crippen LogP contribution in [0.5, 0.6) is 5.75 Å². The molecule has 1 heterocycles. The second-order valence-electron chi connectivity index (χ2n) is 5.54. The highest BCUT2D eigenvalue weighted by atomic mass is 32.2. The van der Waals surface area contributed by atoms with Crippen LogP contribution in [0, 0.1) is 13.8 Å². The van der Waals surface area contributed by atoms with Crippen LogP contribution in [0.15, 0.2) is 35.4 Å². The van der Waals surface area contributed by atoms with E-state index in [4.69, 9.17) is 9.47 Å². The topological polar surface area (TPSA) is 89.6 Å². The van der Waals surface area contributed by atoms with Crippen LogP contribution in [-0.2, 0) is 14.8 Å². The first-order chi connectivity index (χ1) is 11.9. The number of ether oxygens (including phenoxy) is 2. The lowest BCUT2D eigenvalue weighted by Crippen LogP contribution is -2.15. The predicted octanol–water partition coefficient (Wildman–Crippen LogP) is 2.57. The van der Waals surface area contributed by atoms with Gasteiger partial charge in [0.1, 0.15) is 11.6 Å². The second kappa shape index (κ2) is 8.17. The molecule has 0 aliphatic heterocycles.